The molecule has 186 valence electrons. The SMILES string of the molecule is O=C(O)C(CN(Cc1ccccc1)Cc1ccccc1)c1ccc2c(c1)c(I)nn2C1CCCCO1. The number of halogens is 1. The highest BCUT2D eigenvalue weighted by Gasteiger charge is 2.26. The number of rotatable bonds is 9. The van der Waals surface area contributed by atoms with E-state index < -0.39 is 11.9 Å². The van der Waals surface area contributed by atoms with Gasteiger partial charge in [-0.15, -0.1) is 0 Å². The molecule has 2 heterocycles. The van der Waals surface area contributed by atoms with Crippen LogP contribution in [0.25, 0.3) is 10.9 Å². The van der Waals surface area contributed by atoms with E-state index in [9.17, 15) is 9.90 Å². The average Bonchev–Trinajstić information content (AvgIpc) is 3.24. The first-order valence-electron chi connectivity index (χ1n) is 12.4. The lowest BCUT2D eigenvalue weighted by Gasteiger charge is -2.26. The van der Waals surface area contributed by atoms with Crippen LogP contribution in [-0.4, -0.2) is 38.9 Å². The summed E-state index contributed by atoms with van der Waals surface area (Å²) < 4.78 is 8.80. The van der Waals surface area contributed by atoms with Gasteiger partial charge in [-0.2, -0.15) is 5.10 Å². The van der Waals surface area contributed by atoms with E-state index in [1.807, 2.05) is 59.3 Å². The molecule has 1 aromatic heterocycles. The van der Waals surface area contributed by atoms with E-state index >= 15 is 0 Å². The van der Waals surface area contributed by atoms with E-state index in [-0.39, 0.29) is 6.23 Å². The molecule has 0 spiro atoms. The number of carbonyl (C=O) groups is 1. The topological polar surface area (TPSA) is 67.6 Å². The summed E-state index contributed by atoms with van der Waals surface area (Å²) in [6.07, 6.45) is 3.10. The molecule has 1 fully saturated rings. The van der Waals surface area contributed by atoms with Crippen LogP contribution in [0.1, 0.15) is 48.1 Å². The Bertz CT molecular complexity index is 1260. The second-order valence-electron chi connectivity index (χ2n) is 9.36. The third kappa shape index (κ3) is 5.79. The molecule has 3 aromatic carbocycles. The lowest BCUT2D eigenvalue weighted by Crippen LogP contribution is -2.31. The van der Waals surface area contributed by atoms with Crippen molar-refractivity contribution in [3.63, 3.8) is 0 Å². The van der Waals surface area contributed by atoms with Crippen LogP contribution < -0.4 is 0 Å². The van der Waals surface area contributed by atoms with Crippen molar-refractivity contribution >= 4 is 39.5 Å². The van der Waals surface area contributed by atoms with Gasteiger partial charge in [0.05, 0.1) is 11.4 Å². The van der Waals surface area contributed by atoms with Gasteiger partial charge in [-0.1, -0.05) is 66.7 Å². The van der Waals surface area contributed by atoms with Crippen molar-refractivity contribution in [2.75, 3.05) is 13.2 Å². The molecule has 1 saturated heterocycles. The molecule has 36 heavy (non-hydrogen) atoms. The molecule has 4 aromatic rings. The zero-order valence-corrected chi connectivity index (χ0v) is 22.3. The quantitative estimate of drug-likeness (QED) is 0.233. The number of carboxylic acid groups (broad SMARTS) is 1. The monoisotopic (exact) mass is 595 g/mol. The lowest BCUT2D eigenvalue weighted by atomic mass is 9.96. The minimum atomic E-state index is -0.821. The number of benzene rings is 3. The van der Waals surface area contributed by atoms with Gasteiger partial charge in [-0.25, -0.2) is 4.68 Å². The maximum atomic E-state index is 12.5. The molecule has 0 saturated carbocycles. The van der Waals surface area contributed by atoms with Crippen molar-refractivity contribution in [3.8, 4) is 0 Å². The summed E-state index contributed by atoms with van der Waals surface area (Å²) in [6, 6.07) is 26.4. The van der Waals surface area contributed by atoms with Crippen LogP contribution in [0, 0.1) is 3.70 Å². The molecule has 0 radical (unpaired) electrons. The summed E-state index contributed by atoms with van der Waals surface area (Å²) in [5.74, 6) is -1.48. The van der Waals surface area contributed by atoms with Gasteiger partial charge >= 0.3 is 5.97 Å². The molecule has 1 aliphatic rings. The van der Waals surface area contributed by atoms with Crippen LogP contribution in [-0.2, 0) is 22.6 Å². The van der Waals surface area contributed by atoms with Gasteiger partial charge in [0.1, 0.15) is 3.70 Å². The standard InChI is InChI=1S/C29H30IN3O3/c30-28-24-17-23(14-15-26(24)33(31-28)27-13-7-8-16-36-27)25(29(34)35)20-32(18-21-9-3-1-4-10-21)19-22-11-5-2-6-12-22/h1-6,9-12,14-15,17,25,27H,7-8,13,16,18-20H2,(H,34,35). The van der Waals surface area contributed by atoms with Crippen LogP contribution in [0.3, 0.4) is 0 Å². The predicted molar refractivity (Wildman–Crippen MR) is 149 cm³/mol. The van der Waals surface area contributed by atoms with Crippen LogP contribution in [0.15, 0.2) is 78.9 Å². The number of aliphatic carboxylic acids is 1. The molecule has 6 nitrogen and oxygen atoms in total. The smallest absolute Gasteiger partial charge is 0.312 e. The Labute approximate surface area is 225 Å². The van der Waals surface area contributed by atoms with Crippen molar-refractivity contribution in [2.45, 2.75) is 44.5 Å². The Balaban J connectivity index is 1.44. The van der Waals surface area contributed by atoms with Crippen molar-refractivity contribution in [1.29, 1.82) is 0 Å². The maximum Gasteiger partial charge on any atom is 0.312 e. The average molecular weight is 595 g/mol. The van der Waals surface area contributed by atoms with Crippen molar-refractivity contribution in [3.05, 3.63) is 99.3 Å². The molecule has 0 amide bonds. The lowest BCUT2D eigenvalue weighted by molar-refractivity contribution is -0.139. The first-order valence-corrected chi connectivity index (χ1v) is 13.5. The van der Waals surface area contributed by atoms with Crippen molar-refractivity contribution in [2.24, 2.45) is 0 Å². The number of ether oxygens (including phenoxy) is 1. The summed E-state index contributed by atoms with van der Waals surface area (Å²) in [6.45, 7) is 2.51. The summed E-state index contributed by atoms with van der Waals surface area (Å²) in [5.41, 5.74) is 4.11. The number of fused-ring (bicyclic) bond motifs is 1. The highest BCUT2D eigenvalue weighted by atomic mass is 127. The Morgan fingerprint density at radius 3 is 2.28 bits per heavy atom. The number of aromatic nitrogens is 2. The van der Waals surface area contributed by atoms with E-state index in [0.717, 1.165) is 57.2 Å². The summed E-state index contributed by atoms with van der Waals surface area (Å²) in [4.78, 5) is 14.8. The van der Waals surface area contributed by atoms with Gasteiger partial charge in [0.15, 0.2) is 6.23 Å². The molecule has 0 aliphatic carbocycles. The van der Waals surface area contributed by atoms with Crippen LogP contribution >= 0.6 is 22.6 Å². The van der Waals surface area contributed by atoms with E-state index in [4.69, 9.17) is 9.84 Å². The Kier molecular flexibility index (Phi) is 7.99. The molecule has 1 N–H and O–H groups in total. The van der Waals surface area contributed by atoms with Gasteiger partial charge in [0, 0.05) is 31.6 Å². The number of hydrogen-bond donors (Lipinski definition) is 1. The van der Waals surface area contributed by atoms with Crippen LogP contribution in [0.5, 0.6) is 0 Å². The summed E-state index contributed by atoms with van der Waals surface area (Å²) in [5, 5.41) is 16.0. The molecule has 2 atom stereocenters. The van der Waals surface area contributed by atoms with Crippen LogP contribution in [0.4, 0.5) is 0 Å². The molecule has 0 bridgehead atoms. The maximum absolute atomic E-state index is 12.5. The fourth-order valence-electron chi connectivity index (χ4n) is 4.93. The fraction of sp³-hybridized carbons (Fsp3) is 0.310. The molecule has 1 aliphatic heterocycles. The third-order valence-electron chi connectivity index (χ3n) is 6.75. The van der Waals surface area contributed by atoms with Gasteiger partial charge in [0.25, 0.3) is 0 Å². The number of nitrogens with zero attached hydrogens (tertiary/aromatic N) is 3. The highest BCUT2D eigenvalue weighted by molar-refractivity contribution is 14.1. The summed E-state index contributed by atoms with van der Waals surface area (Å²) in [7, 11) is 0. The first-order chi connectivity index (χ1) is 17.6. The largest absolute Gasteiger partial charge is 0.481 e. The molecular weight excluding hydrogens is 565 g/mol. The minimum absolute atomic E-state index is 0.0573. The van der Waals surface area contributed by atoms with Gasteiger partial charge < -0.3 is 9.84 Å². The normalized spacial score (nSPS) is 16.9. The number of carboxylic acids is 1. The Morgan fingerprint density at radius 2 is 1.69 bits per heavy atom. The van der Waals surface area contributed by atoms with Crippen molar-refractivity contribution < 1.29 is 14.6 Å². The Hall–Kier alpha value is -2.75. The molecule has 2 unspecified atom stereocenters. The van der Waals surface area contributed by atoms with E-state index in [0.29, 0.717) is 19.6 Å². The van der Waals surface area contributed by atoms with E-state index in [2.05, 4.69) is 51.8 Å². The molecular formula is C29H30IN3O3. The zero-order valence-electron chi connectivity index (χ0n) is 20.1. The summed E-state index contributed by atoms with van der Waals surface area (Å²) >= 11 is 2.24. The van der Waals surface area contributed by atoms with E-state index in [1.54, 1.807) is 0 Å². The zero-order chi connectivity index (χ0) is 24.9. The first kappa shape index (κ1) is 24.9. The second kappa shape index (κ2) is 11.5. The van der Waals surface area contributed by atoms with Crippen LogP contribution in [0.2, 0.25) is 0 Å². The fourth-order valence-corrected chi connectivity index (χ4v) is 5.59. The van der Waals surface area contributed by atoms with Gasteiger partial charge in [-0.05, 0) is 70.7 Å². The van der Waals surface area contributed by atoms with Gasteiger partial charge in [-0.3, -0.25) is 9.69 Å². The van der Waals surface area contributed by atoms with Crippen molar-refractivity contribution in [1.82, 2.24) is 14.7 Å². The number of hydrogen-bond acceptors (Lipinski definition) is 4. The molecule has 7 heteroatoms. The highest BCUT2D eigenvalue weighted by Crippen LogP contribution is 2.31. The predicted octanol–water partition coefficient (Wildman–Crippen LogP) is 6.21. The van der Waals surface area contributed by atoms with E-state index in [1.165, 1.54) is 0 Å². The third-order valence-corrected chi connectivity index (χ3v) is 7.55. The van der Waals surface area contributed by atoms with Gasteiger partial charge in [0.2, 0.25) is 0 Å². The second-order valence-corrected chi connectivity index (χ2v) is 10.4. The molecule has 5 rings (SSSR count). The Morgan fingerprint density at radius 1 is 1.03 bits per heavy atom. The minimum Gasteiger partial charge on any atom is -0.481 e.